The Labute approximate surface area is 129 Å². The molecule has 1 saturated heterocycles. The monoisotopic (exact) mass is 360 g/mol. The number of rotatable bonds is 2. The van der Waals surface area contributed by atoms with Crippen LogP contribution in [0.2, 0.25) is 0 Å². The summed E-state index contributed by atoms with van der Waals surface area (Å²) in [5.41, 5.74) is 0.944. The van der Waals surface area contributed by atoms with Crippen LogP contribution >= 0.6 is 39.5 Å². The molecule has 0 bridgehead atoms. The molecule has 6 heteroatoms. The van der Waals surface area contributed by atoms with Crippen LogP contribution in [0.15, 0.2) is 9.27 Å². The smallest absolute Gasteiger partial charge is 0.265 e. The summed E-state index contributed by atoms with van der Waals surface area (Å²) < 4.78 is 0.633. The van der Waals surface area contributed by atoms with Crippen molar-refractivity contribution in [3.63, 3.8) is 0 Å². The van der Waals surface area contributed by atoms with Crippen molar-refractivity contribution in [2.24, 2.45) is 0 Å². The van der Waals surface area contributed by atoms with Crippen LogP contribution in [0, 0.1) is 0 Å². The van der Waals surface area contributed by atoms with Gasteiger partial charge in [-0.2, -0.15) is 11.8 Å². The summed E-state index contributed by atoms with van der Waals surface area (Å²) in [7, 11) is 0. The van der Waals surface area contributed by atoms with Crippen LogP contribution in [0.5, 0.6) is 0 Å². The Hall–Kier alpha value is 0.0600. The number of nitrogens with one attached hydrogen (secondary N) is 1. The highest BCUT2D eigenvalue weighted by molar-refractivity contribution is 9.10. The van der Waals surface area contributed by atoms with Crippen molar-refractivity contribution in [3.05, 3.63) is 26.3 Å². The molecular formula is C13H17BrN2OS2. The van der Waals surface area contributed by atoms with Crippen LogP contribution in [0.1, 0.15) is 49.4 Å². The second kappa shape index (κ2) is 5.45. The molecule has 3 nitrogen and oxygen atoms in total. The molecule has 0 aromatic carbocycles. The minimum Gasteiger partial charge on any atom is -0.309 e. The molecular weight excluding hydrogens is 344 g/mol. The summed E-state index contributed by atoms with van der Waals surface area (Å²) in [6.07, 6.45) is 2.32. The zero-order valence-corrected chi connectivity index (χ0v) is 14.2. The van der Waals surface area contributed by atoms with Gasteiger partial charge >= 0.3 is 0 Å². The van der Waals surface area contributed by atoms with Gasteiger partial charge in [-0.25, -0.2) is 4.98 Å². The fourth-order valence-corrected chi connectivity index (χ4v) is 5.58. The van der Waals surface area contributed by atoms with E-state index in [4.69, 9.17) is 4.98 Å². The van der Waals surface area contributed by atoms with Gasteiger partial charge in [0.05, 0.1) is 10.9 Å². The van der Waals surface area contributed by atoms with E-state index in [2.05, 4.69) is 34.8 Å². The van der Waals surface area contributed by atoms with Gasteiger partial charge < -0.3 is 4.98 Å². The lowest BCUT2D eigenvalue weighted by Crippen LogP contribution is -2.25. The molecule has 19 heavy (non-hydrogen) atoms. The van der Waals surface area contributed by atoms with Gasteiger partial charge in [-0.05, 0) is 28.8 Å². The number of hydrogen-bond donors (Lipinski definition) is 1. The first kappa shape index (κ1) is 14.0. The molecule has 104 valence electrons. The maximum absolute atomic E-state index is 12.0. The Morgan fingerprint density at radius 1 is 1.32 bits per heavy atom. The number of nitrogens with zero attached hydrogens (tertiary/aromatic N) is 1. The Kier molecular flexibility index (Phi) is 4.02. The molecule has 1 aromatic heterocycles. The predicted octanol–water partition coefficient (Wildman–Crippen LogP) is 3.71. The maximum atomic E-state index is 12.0. The second-order valence-corrected chi connectivity index (χ2v) is 9.08. The van der Waals surface area contributed by atoms with E-state index in [9.17, 15) is 4.79 Å². The molecule has 0 spiro atoms. The summed E-state index contributed by atoms with van der Waals surface area (Å²) in [6.45, 7) is 4.53. The third-order valence-corrected chi connectivity index (χ3v) is 7.89. The van der Waals surface area contributed by atoms with Gasteiger partial charge in [0.1, 0.15) is 10.3 Å². The Morgan fingerprint density at radius 3 is 2.68 bits per heavy atom. The van der Waals surface area contributed by atoms with Crippen molar-refractivity contribution in [2.45, 2.75) is 48.4 Å². The molecule has 2 heterocycles. The minimum absolute atomic E-state index is 0.0243. The molecule has 0 amide bonds. The second-order valence-electron chi connectivity index (χ2n) is 5.29. The number of thioether (sulfide) groups is 2. The lowest BCUT2D eigenvalue weighted by molar-refractivity contribution is 0.823. The molecule has 1 N–H and O–H groups in total. The Bertz CT molecular complexity index is 544. The fourth-order valence-electron chi connectivity index (χ4n) is 2.20. The third kappa shape index (κ3) is 2.90. The largest absolute Gasteiger partial charge is 0.309 e. The molecule has 1 aromatic rings. The SMILES string of the molecule is CC1SCC(c2nc(C3CC3)c(Br)c(=O)[nH]2)SC1C. The van der Waals surface area contributed by atoms with E-state index in [0.717, 1.165) is 30.1 Å². The topological polar surface area (TPSA) is 45.8 Å². The number of hydrogen-bond acceptors (Lipinski definition) is 4. The van der Waals surface area contributed by atoms with Gasteiger partial charge in [0, 0.05) is 22.2 Å². The standard InChI is InChI=1S/C13H17BrN2OS2/c1-6-7(2)19-9(5-18-6)12-15-11(8-3-4-8)10(14)13(17)16-12/h6-9H,3-5H2,1-2H3,(H,15,16,17). The highest BCUT2D eigenvalue weighted by Gasteiger charge is 2.32. The van der Waals surface area contributed by atoms with Gasteiger partial charge in [0.2, 0.25) is 0 Å². The van der Waals surface area contributed by atoms with Crippen molar-refractivity contribution in [3.8, 4) is 0 Å². The van der Waals surface area contributed by atoms with Crippen LogP contribution in [-0.4, -0.2) is 26.2 Å². The third-order valence-electron chi connectivity index (χ3n) is 3.73. The molecule has 3 atom stereocenters. The van der Waals surface area contributed by atoms with Crippen LogP contribution in [0.25, 0.3) is 0 Å². The first-order chi connectivity index (χ1) is 9.06. The van der Waals surface area contributed by atoms with E-state index in [1.54, 1.807) is 0 Å². The van der Waals surface area contributed by atoms with E-state index < -0.39 is 0 Å². The van der Waals surface area contributed by atoms with E-state index >= 15 is 0 Å². The van der Waals surface area contributed by atoms with Crippen LogP contribution < -0.4 is 5.56 Å². The highest BCUT2D eigenvalue weighted by Crippen LogP contribution is 2.45. The lowest BCUT2D eigenvalue weighted by Gasteiger charge is -2.30. The van der Waals surface area contributed by atoms with Crippen molar-refractivity contribution < 1.29 is 0 Å². The van der Waals surface area contributed by atoms with Gasteiger partial charge in [-0.3, -0.25) is 4.79 Å². The summed E-state index contributed by atoms with van der Waals surface area (Å²) in [4.78, 5) is 19.7. The molecule has 3 unspecified atom stereocenters. The van der Waals surface area contributed by atoms with Crippen molar-refractivity contribution in [2.75, 3.05) is 5.75 Å². The van der Waals surface area contributed by atoms with Crippen molar-refractivity contribution in [1.82, 2.24) is 9.97 Å². The Balaban J connectivity index is 1.90. The van der Waals surface area contributed by atoms with E-state index in [0.29, 0.717) is 26.1 Å². The molecule has 3 rings (SSSR count). The van der Waals surface area contributed by atoms with Crippen molar-refractivity contribution >= 4 is 39.5 Å². The molecule has 1 aliphatic heterocycles. The average Bonchev–Trinajstić information content (AvgIpc) is 3.20. The van der Waals surface area contributed by atoms with Gasteiger partial charge in [-0.15, -0.1) is 11.8 Å². The lowest BCUT2D eigenvalue weighted by atomic mass is 10.2. The normalized spacial score (nSPS) is 31.4. The molecule has 2 aliphatic rings. The fraction of sp³-hybridized carbons (Fsp3) is 0.692. The molecule has 1 aliphatic carbocycles. The zero-order valence-electron chi connectivity index (χ0n) is 11.0. The summed E-state index contributed by atoms with van der Waals surface area (Å²) in [5, 5.41) is 1.59. The summed E-state index contributed by atoms with van der Waals surface area (Å²) in [5.74, 6) is 2.39. The van der Waals surface area contributed by atoms with Crippen LogP contribution in [0.4, 0.5) is 0 Å². The molecule has 1 saturated carbocycles. The van der Waals surface area contributed by atoms with E-state index in [1.807, 2.05) is 23.5 Å². The van der Waals surface area contributed by atoms with Gasteiger partial charge in [0.15, 0.2) is 0 Å². The zero-order chi connectivity index (χ0) is 13.6. The summed E-state index contributed by atoms with van der Waals surface area (Å²) in [6, 6.07) is 0. The first-order valence-corrected chi connectivity index (χ1v) is 9.41. The quantitative estimate of drug-likeness (QED) is 0.872. The van der Waals surface area contributed by atoms with Crippen LogP contribution in [0.3, 0.4) is 0 Å². The van der Waals surface area contributed by atoms with Crippen LogP contribution in [-0.2, 0) is 0 Å². The molecule has 0 radical (unpaired) electrons. The van der Waals surface area contributed by atoms with Gasteiger partial charge in [0.25, 0.3) is 5.56 Å². The average molecular weight is 361 g/mol. The summed E-state index contributed by atoms with van der Waals surface area (Å²) >= 11 is 7.29. The number of halogens is 1. The maximum Gasteiger partial charge on any atom is 0.265 e. The van der Waals surface area contributed by atoms with E-state index in [-0.39, 0.29) is 5.56 Å². The highest BCUT2D eigenvalue weighted by atomic mass is 79.9. The minimum atomic E-state index is -0.0243. The van der Waals surface area contributed by atoms with E-state index in [1.165, 1.54) is 0 Å². The molecule has 2 fully saturated rings. The first-order valence-electron chi connectivity index (χ1n) is 6.63. The Morgan fingerprint density at radius 2 is 2.05 bits per heavy atom. The van der Waals surface area contributed by atoms with Gasteiger partial charge in [-0.1, -0.05) is 13.8 Å². The predicted molar refractivity (Wildman–Crippen MR) is 86.2 cm³/mol. The number of aromatic amines is 1. The number of H-pyrrole nitrogens is 1. The van der Waals surface area contributed by atoms with Crippen molar-refractivity contribution in [1.29, 1.82) is 0 Å². The number of aromatic nitrogens is 2.